The molecular weight excluding hydrogens is 440 g/mol. The van der Waals surface area contributed by atoms with Gasteiger partial charge in [0.2, 0.25) is 5.91 Å². The van der Waals surface area contributed by atoms with E-state index in [4.69, 9.17) is 5.11 Å². The molecule has 3 rings (SSSR count). The Morgan fingerprint density at radius 1 is 1.09 bits per heavy atom. The minimum atomic E-state index is -0.104. The Bertz CT molecular complexity index is 809. The van der Waals surface area contributed by atoms with Crippen molar-refractivity contribution in [1.29, 1.82) is 0 Å². The topological polar surface area (TPSA) is 84.9 Å². The van der Waals surface area contributed by atoms with Crippen molar-refractivity contribution < 1.29 is 14.7 Å². The van der Waals surface area contributed by atoms with E-state index in [9.17, 15) is 9.59 Å². The summed E-state index contributed by atoms with van der Waals surface area (Å²) in [7, 11) is 0. The van der Waals surface area contributed by atoms with Crippen LogP contribution in [0.4, 0.5) is 0 Å². The van der Waals surface area contributed by atoms with Crippen molar-refractivity contribution in [2.24, 2.45) is 0 Å². The maximum atomic E-state index is 13.3. The third-order valence-corrected chi connectivity index (χ3v) is 6.48. The lowest BCUT2D eigenvalue weighted by Crippen LogP contribution is -2.58. The number of hydrogen-bond donors (Lipinski definition) is 3. The number of hydrazine groups is 1. The second kappa shape index (κ2) is 15.6. The van der Waals surface area contributed by atoms with Gasteiger partial charge < -0.3 is 15.3 Å². The number of fused-ring (bicyclic) bond motifs is 1. The number of aliphatic hydroxyl groups excluding tert-OH is 1. The molecule has 196 valence electrons. The molecule has 2 aliphatic heterocycles. The molecule has 1 aromatic rings. The molecule has 1 saturated heterocycles. The quantitative estimate of drug-likeness (QED) is 0.364. The van der Waals surface area contributed by atoms with Crippen molar-refractivity contribution >= 4 is 11.8 Å². The number of aliphatic hydroxyl groups is 1. The Hall–Kier alpha value is -2.38. The predicted molar refractivity (Wildman–Crippen MR) is 141 cm³/mol. The third kappa shape index (κ3) is 8.65. The maximum absolute atomic E-state index is 13.3. The van der Waals surface area contributed by atoms with E-state index >= 15 is 0 Å². The fourth-order valence-electron chi connectivity index (χ4n) is 4.53. The molecule has 3 N–H and O–H groups in total. The number of hydrogen-bond acceptors (Lipinski definition) is 5. The zero-order valence-electron chi connectivity index (χ0n) is 22.2. The summed E-state index contributed by atoms with van der Waals surface area (Å²) in [6.07, 6.45) is 10.0. The SMILES string of the molecule is CC.CCCCCC1CN(CC(=O)NCCCCCCO)C(=O)C2=CC(c3ccc(C)cc3)NN21. The average Bonchev–Trinajstić information content (AvgIpc) is 3.32. The summed E-state index contributed by atoms with van der Waals surface area (Å²) in [5.74, 6) is -0.185. The lowest BCUT2D eigenvalue weighted by molar-refractivity contribution is -0.138. The van der Waals surface area contributed by atoms with Gasteiger partial charge in [0.05, 0.1) is 18.6 Å². The molecule has 0 aliphatic carbocycles. The van der Waals surface area contributed by atoms with Gasteiger partial charge in [0.1, 0.15) is 5.70 Å². The number of carbonyl (C=O) groups is 2. The third-order valence-electron chi connectivity index (χ3n) is 6.48. The number of rotatable bonds is 13. The van der Waals surface area contributed by atoms with Crippen molar-refractivity contribution in [3.05, 3.63) is 47.2 Å². The number of unbranched alkanes of at least 4 members (excludes halogenated alkanes) is 5. The summed E-state index contributed by atoms with van der Waals surface area (Å²) in [5.41, 5.74) is 6.54. The smallest absolute Gasteiger partial charge is 0.271 e. The van der Waals surface area contributed by atoms with Crippen molar-refractivity contribution in [1.82, 2.24) is 20.7 Å². The Morgan fingerprint density at radius 2 is 1.80 bits per heavy atom. The monoisotopic (exact) mass is 486 g/mol. The molecule has 0 bridgehead atoms. The number of piperazine rings is 1. The first-order chi connectivity index (χ1) is 17.0. The van der Waals surface area contributed by atoms with E-state index in [2.05, 4.69) is 53.9 Å². The first-order valence-electron chi connectivity index (χ1n) is 13.5. The second-order valence-corrected chi connectivity index (χ2v) is 9.26. The molecule has 1 fully saturated rings. The van der Waals surface area contributed by atoms with E-state index in [1.165, 1.54) is 5.56 Å². The molecule has 7 heteroatoms. The molecule has 0 aromatic heterocycles. The summed E-state index contributed by atoms with van der Waals surface area (Å²) in [4.78, 5) is 27.5. The van der Waals surface area contributed by atoms with Gasteiger partial charge in [-0.1, -0.05) is 82.7 Å². The fourth-order valence-corrected chi connectivity index (χ4v) is 4.53. The number of amides is 2. The Kier molecular flexibility index (Phi) is 12.8. The van der Waals surface area contributed by atoms with Gasteiger partial charge in [-0.05, 0) is 37.8 Å². The van der Waals surface area contributed by atoms with Gasteiger partial charge in [-0.3, -0.25) is 14.6 Å². The van der Waals surface area contributed by atoms with Gasteiger partial charge in [0.15, 0.2) is 0 Å². The van der Waals surface area contributed by atoms with Crippen molar-refractivity contribution in [3.63, 3.8) is 0 Å². The highest BCUT2D eigenvalue weighted by atomic mass is 16.3. The highest BCUT2D eigenvalue weighted by Gasteiger charge is 2.41. The Labute approximate surface area is 211 Å². The molecule has 2 aliphatic rings. The van der Waals surface area contributed by atoms with Crippen molar-refractivity contribution in [3.8, 4) is 0 Å². The normalized spacial score (nSPS) is 19.1. The van der Waals surface area contributed by atoms with Crippen LogP contribution in [0, 0.1) is 6.92 Å². The number of aryl methyl sites for hydroxylation is 1. The fraction of sp³-hybridized carbons (Fsp3) is 0.643. The number of nitrogens with one attached hydrogen (secondary N) is 2. The van der Waals surface area contributed by atoms with E-state index in [0.29, 0.717) is 18.8 Å². The number of benzene rings is 1. The Balaban J connectivity index is 0.00000210. The van der Waals surface area contributed by atoms with E-state index < -0.39 is 0 Å². The summed E-state index contributed by atoms with van der Waals surface area (Å²) in [6, 6.07) is 8.50. The summed E-state index contributed by atoms with van der Waals surface area (Å²) in [5, 5.41) is 13.8. The van der Waals surface area contributed by atoms with Crippen LogP contribution in [0.15, 0.2) is 36.0 Å². The minimum Gasteiger partial charge on any atom is -0.396 e. The second-order valence-electron chi connectivity index (χ2n) is 9.26. The van der Waals surface area contributed by atoms with E-state index in [1.807, 2.05) is 19.9 Å². The first kappa shape index (κ1) is 28.9. The lowest BCUT2D eigenvalue weighted by atomic mass is 10.0. The van der Waals surface area contributed by atoms with E-state index in [0.717, 1.165) is 56.9 Å². The van der Waals surface area contributed by atoms with Crippen molar-refractivity contribution in [2.75, 3.05) is 26.2 Å². The van der Waals surface area contributed by atoms with Gasteiger partial charge >= 0.3 is 0 Å². The van der Waals surface area contributed by atoms with Crippen LogP contribution in [0.1, 0.15) is 89.3 Å². The van der Waals surface area contributed by atoms with Gasteiger partial charge in [0.25, 0.3) is 5.91 Å². The average molecular weight is 487 g/mol. The maximum Gasteiger partial charge on any atom is 0.271 e. The van der Waals surface area contributed by atoms with Crippen LogP contribution in [-0.2, 0) is 9.59 Å². The number of carbonyl (C=O) groups excluding carboxylic acids is 2. The summed E-state index contributed by atoms with van der Waals surface area (Å²) >= 11 is 0. The molecule has 1 aromatic carbocycles. The number of nitrogens with zero attached hydrogens (tertiary/aromatic N) is 2. The van der Waals surface area contributed by atoms with Gasteiger partial charge in [0, 0.05) is 19.7 Å². The van der Waals surface area contributed by atoms with Crippen LogP contribution in [0.5, 0.6) is 0 Å². The lowest BCUT2D eigenvalue weighted by Gasteiger charge is -2.41. The molecule has 2 unspecified atom stereocenters. The van der Waals surface area contributed by atoms with Crippen LogP contribution >= 0.6 is 0 Å². The molecule has 2 atom stereocenters. The molecule has 35 heavy (non-hydrogen) atoms. The highest BCUT2D eigenvalue weighted by molar-refractivity contribution is 5.96. The standard InChI is InChI=1S/C26H40N4O3.C2H6/c1-3-4-7-10-22-18-29(19-25(32)27-15-8-5-6-9-16-31)26(33)24-17-23(28-30(22)24)21-13-11-20(2)12-14-21;1-2/h11-14,17,22-23,28,31H,3-10,15-16,18-19H2,1-2H3,(H,27,32);1-2H3. The van der Waals surface area contributed by atoms with Crippen molar-refractivity contribution in [2.45, 2.75) is 91.1 Å². The highest BCUT2D eigenvalue weighted by Crippen LogP contribution is 2.32. The largest absolute Gasteiger partial charge is 0.396 e. The molecular formula is C28H46N4O3. The first-order valence-corrected chi connectivity index (χ1v) is 13.5. The van der Waals surface area contributed by atoms with Crippen LogP contribution in [0.25, 0.3) is 0 Å². The summed E-state index contributed by atoms with van der Waals surface area (Å²) in [6.45, 7) is 9.74. The van der Waals surface area contributed by atoms with E-state index in [1.54, 1.807) is 4.90 Å². The van der Waals surface area contributed by atoms with E-state index in [-0.39, 0.29) is 37.0 Å². The zero-order valence-corrected chi connectivity index (χ0v) is 22.2. The van der Waals surface area contributed by atoms with Crippen LogP contribution < -0.4 is 10.7 Å². The molecule has 2 heterocycles. The molecule has 0 spiro atoms. The molecule has 0 radical (unpaired) electrons. The predicted octanol–water partition coefficient (Wildman–Crippen LogP) is 4.23. The molecule has 2 amide bonds. The summed E-state index contributed by atoms with van der Waals surface area (Å²) < 4.78 is 0. The van der Waals surface area contributed by atoms with Gasteiger partial charge in [-0.15, -0.1) is 0 Å². The molecule has 7 nitrogen and oxygen atoms in total. The van der Waals surface area contributed by atoms with Crippen LogP contribution in [0.3, 0.4) is 0 Å². The zero-order chi connectivity index (χ0) is 25.6. The van der Waals surface area contributed by atoms with Gasteiger partial charge in [-0.25, -0.2) is 5.43 Å². The Morgan fingerprint density at radius 3 is 2.49 bits per heavy atom. The van der Waals surface area contributed by atoms with Gasteiger partial charge in [-0.2, -0.15) is 0 Å². The van der Waals surface area contributed by atoms with Crippen LogP contribution in [0.2, 0.25) is 0 Å². The van der Waals surface area contributed by atoms with Crippen LogP contribution in [-0.4, -0.2) is 59.1 Å². The molecule has 0 saturated carbocycles. The minimum absolute atomic E-state index is 0.0362.